The van der Waals surface area contributed by atoms with E-state index >= 15 is 0 Å². The molecule has 108 valence electrons. The molecule has 0 N–H and O–H groups in total. The van der Waals surface area contributed by atoms with Crippen LogP contribution in [-0.4, -0.2) is 13.1 Å². The molecule has 0 bridgehead atoms. The highest BCUT2D eigenvalue weighted by molar-refractivity contribution is 5.70. The van der Waals surface area contributed by atoms with Gasteiger partial charge in [-0.2, -0.15) is 0 Å². The zero-order chi connectivity index (χ0) is 14.6. The summed E-state index contributed by atoms with van der Waals surface area (Å²) in [6.07, 6.45) is 4.55. The first-order valence-corrected chi connectivity index (χ1v) is 7.33. The smallest absolute Gasteiger partial charge is 0.306 e. The highest BCUT2D eigenvalue weighted by Crippen LogP contribution is 2.49. The summed E-state index contributed by atoms with van der Waals surface area (Å²) in [5, 5.41) is 0. The fourth-order valence-corrected chi connectivity index (χ4v) is 3.37. The topological polar surface area (TPSA) is 26.3 Å². The molecule has 1 aliphatic rings. The number of aryl methyl sites for hydroxylation is 1. The summed E-state index contributed by atoms with van der Waals surface area (Å²) >= 11 is 0. The highest BCUT2D eigenvalue weighted by atomic mass is 16.5. The van der Waals surface area contributed by atoms with Crippen molar-refractivity contribution >= 4 is 5.97 Å². The summed E-state index contributed by atoms with van der Waals surface area (Å²) in [6, 6.07) is 10.5. The van der Waals surface area contributed by atoms with Gasteiger partial charge in [-0.1, -0.05) is 49.4 Å². The molecule has 2 rings (SSSR count). The van der Waals surface area contributed by atoms with Crippen molar-refractivity contribution in [3.8, 4) is 0 Å². The highest BCUT2D eigenvalue weighted by Gasteiger charge is 2.41. The SMILES string of the molecule is C=C1CC(CCc2ccccc2)(CC(=O)OC)CC1C. The van der Waals surface area contributed by atoms with Crippen LogP contribution in [0.25, 0.3) is 0 Å². The first-order valence-electron chi connectivity index (χ1n) is 7.33. The number of ether oxygens (including phenoxy) is 1. The van der Waals surface area contributed by atoms with Crippen LogP contribution in [0.15, 0.2) is 42.5 Å². The van der Waals surface area contributed by atoms with E-state index in [1.54, 1.807) is 0 Å². The molecule has 0 saturated heterocycles. The normalized spacial score (nSPS) is 25.7. The Balaban J connectivity index is 2.07. The van der Waals surface area contributed by atoms with E-state index in [-0.39, 0.29) is 11.4 Å². The Morgan fingerprint density at radius 2 is 2.10 bits per heavy atom. The van der Waals surface area contributed by atoms with Crippen LogP contribution in [0.4, 0.5) is 0 Å². The number of allylic oxidation sites excluding steroid dienone is 1. The summed E-state index contributed by atoms with van der Waals surface area (Å²) < 4.78 is 4.89. The number of esters is 1. The van der Waals surface area contributed by atoms with E-state index in [1.807, 2.05) is 6.07 Å². The van der Waals surface area contributed by atoms with Gasteiger partial charge in [0, 0.05) is 0 Å². The van der Waals surface area contributed by atoms with Gasteiger partial charge in [-0.15, -0.1) is 0 Å². The van der Waals surface area contributed by atoms with Crippen LogP contribution in [0, 0.1) is 11.3 Å². The third kappa shape index (κ3) is 3.50. The Bertz CT molecular complexity index is 477. The maximum absolute atomic E-state index is 11.7. The van der Waals surface area contributed by atoms with Crippen LogP contribution in [0.3, 0.4) is 0 Å². The summed E-state index contributed by atoms with van der Waals surface area (Å²) in [5.74, 6) is 0.412. The second-order valence-corrected chi connectivity index (χ2v) is 6.18. The fourth-order valence-electron chi connectivity index (χ4n) is 3.37. The van der Waals surface area contributed by atoms with Gasteiger partial charge in [0.2, 0.25) is 0 Å². The number of carbonyl (C=O) groups is 1. The summed E-state index contributed by atoms with van der Waals surface area (Å²) in [4.78, 5) is 11.7. The van der Waals surface area contributed by atoms with E-state index in [0.29, 0.717) is 12.3 Å². The van der Waals surface area contributed by atoms with Crippen LogP contribution < -0.4 is 0 Å². The molecule has 0 spiro atoms. The lowest BCUT2D eigenvalue weighted by Gasteiger charge is -2.28. The molecule has 2 unspecified atom stereocenters. The van der Waals surface area contributed by atoms with Gasteiger partial charge in [0.05, 0.1) is 13.5 Å². The molecular formula is C18H24O2. The van der Waals surface area contributed by atoms with Crippen molar-refractivity contribution < 1.29 is 9.53 Å². The molecule has 1 aromatic carbocycles. The van der Waals surface area contributed by atoms with E-state index in [4.69, 9.17) is 4.74 Å². The minimum absolute atomic E-state index is 0.0411. The molecule has 2 heteroatoms. The first-order chi connectivity index (χ1) is 9.54. The molecule has 2 nitrogen and oxygen atoms in total. The van der Waals surface area contributed by atoms with E-state index in [0.717, 1.165) is 25.7 Å². The fraction of sp³-hybridized carbons (Fsp3) is 0.500. The van der Waals surface area contributed by atoms with Gasteiger partial charge in [0.25, 0.3) is 0 Å². The first kappa shape index (κ1) is 14.8. The molecule has 1 aliphatic carbocycles. The Hall–Kier alpha value is -1.57. The monoisotopic (exact) mass is 272 g/mol. The van der Waals surface area contributed by atoms with Gasteiger partial charge in [0.1, 0.15) is 0 Å². The average molecular weight is 272 g/mol. The van der Waals surface area contributed by atoms with Gasteiger partial charge >= 0.3 is 5.97 Å². The van der Waals surface area contributed by atoms with Gasteiger partial charge in [-0.25, -0.2) is 0 Å². The number of rotatable bonds is 5. The standard InChI is InChI=1S/C18H24O2/c1-14-11-18(12-15(14)2,13-17(19)20-3)10-9-16-7-5-4-6-8-16/h4-8,15H,1,9-13H2,2-3H3. The van der Waals surface area contributed by atoms with Crippen molar-refractivity contribution in [2.24, 2.45) is 11.3 Å². The number of methoxy groups -OCH3 is 1. The van der Waals surface area contributed by atoms with Crippen molar-refractivity contribution in [1.82, 2.24) is 0 Å². The molecule has 2 atom stereocenters. The minimum Gasteiger partial charge on any atom is -0.469 e. The lowest BCUT2D eigenvalue weighted by molar-refractivity contribution is -0.143. The molecule has 20 heavy (non-hydrogen) atoms. The van der Waals surface area contributed by atoms with Gasteiger partial charge in [-0.05, 0) is 42.6 Å². The van der Waals surface area contributed by atoms with Gasteiger partial charge < -0.3 is 4.74 Å². The Labute approximate surface area is 121 Å². The van der Waals surface area contributed by atoms with Crippen LogP contribution in [0.1, 0.15) is 38.2 Å². The largest absolute Gasteiger partial charge is 0.469 e. The van der Waals surface area contributed by atoms with E-state index < -0.39 is 0 Å². The molecule has 1 fully saturated rings. The molecule has 0 amide bonds. The number of benzene rings is 1. The van der Waals surface area contributed by atoms with Crippen molar-refractivity contribution in [1.29, 1.82) is 0 Å². The lowest BCUT2D eigenvalue weighted by Crippen LogP contribution is -2.23. The van der Waals surface area contributed by atoms with E-state index in [2.05, 4.69) is 37.8 Å². The maximum Gasteiger partial charge on any atom is 0.306 e. The Morgan fingerprint density at radius 1 is 1.40 bits per heavy atom. The van der Waals surface area contributed by atoms with Crippen molar-refractivity contribution in [3.05, 3.63) is 48.0 Å². The maximum atomic E-state index is 11.7. The summed E-state index contributed by atoms with van der Waals surface area (Å²) in [7, 11) is 1.47. The van der Waals surface area contributed by atoms with Crippen molar-refractivity contribution in [3.63, 3.8) is 0 Å². The quantitative estimate of drug-likeness (QED) is 0.594. The van der Waals surface area contributed by atoms with Crippen LogP contribution in [0.2, 0.25) is 0 Å². The number of carbonyl (C=O) groups excluding carboxylic acids is 1. The van der Waals surface area contributed by atoms with Crippen LogP contribution in [0.5, 0.6) is 0 Å². The zero-order valence-electron chi connectivity index (χ0n) is 12.5. The number of hydrogen-bond donors (Lipinski definition) is 0. The van der Waals surface area contributed by atoms with E-state index in [9.17, 15) is 4.79 Å². The number of hydrogen-bond acceptors (Lipinski definition) is 2. The third-order valence-corrected chi connectivity index (χ3v) is 4.57. The lowest BCUT2D eigenvalue weighted by atomic mass is 9.77. The second kappa shape index (κ2) is 6.25. The molecule has 1 saturated carbocycles. The average Bonchev–Trinajstić information content (AvgIpc) is 2.73. The molecule has 1 aromatic rings. The zero-order valence-corrected chi connectivity index (χ0v) is 12.5. The third-order valence-electron chi connectivity index (χ3n) is 4.57. The molecule has 0 aromatic heterocycles. The predicted molar refractivity (Wildman–Crippen MR) is 81.4 cm³/mol. The Morgan fingerprint density at radius 3 is 2.65 bits per heavy atom. The van der Waals surface area contributed by atoms with Crippen LogP contribution >= 0.6 is 0 Å². The minimum atomic E-state index is -0.0973. The molecule has 0 heterocycles. The van der Waals surface area contributed by atoms with Crippen LogP contribution in [-0.2, 0) is 16.0 Å². The molecular weight excluding hydrogens is 248 g/mol. The summed E-state index contributed by atoms with van der Waals surface area (Å²) in [5.41, 5.74) is 2.66. The second-order valence-electron chi connectivity index (χ2n) is 6.18. The predicted octanol–water partition coefficient (Wildman–Crippen LogP) is 4.15. The molecule has 0 radical (unpaired) electrons. The van der Waals surface area contributed by atoms with Crippen molar-refractivity contribution in [2.75, 3.05) is 7.11 Å². The van der Waals surface area contributed by atoms with Crippen molar-refractivity contribution in [2.45, 2.75) is 39.0 Å². The van der Waals surface area contributed by atoms with Gasteiger partial charge in [0.15, 0.2) is 0 Å². The Kier molecular flexibility index (Phi) is 4.64. The summed E-state index contributed by atoms with van der Waals surface area (Å²) in [6.45, 7) is 6.38. The van der Waals surface area contributed by atoms with Gasteiger partial charge in [-0.3, -0.25) is 4.79 Å². The van der Waals surface area contributed by atoms with E-state index in [1.165, 1.54) is 18.2 Å². The molecule has 0 aliphatic heterocycles.